The van der Waals surface area contributed by atoms with Crippen LogP contribution in [0.4, 0.5) is 0 Å². The number of aryl methyl sites for hydroxylation is 2. The molecule has 1 amide bonds. The van der Waals surface area contributed by atoms with Crippen LogP contribution in [0.15, 0.2) is 9.95 Å². The number of aromatic nitrogens is 2. The zero-order valence-corrected chi connectivity index (χ0v) is 17.0. The van der Waals surface area contributed by atoms with E-state index in [-0.39, 0.29) is 17.5 Å². The van der Waals surface area contributed by atoms with E-state index in [2.05, 4.69) is 12.2 Å². The molecule has 1 fully saturated rings. The molecule has 0 bridgehead atoms. The molecular weight excluding hydrogens is 366 g/mol. The van der Waals surface area contributed by atoms with Gasteiger partial charge in [0.05, 0.1) is 11.1 Å². The zero-order chi connectivity index (χ0) is 18.3. The van der Waals surface area contributed by atoms with Gasteiger partial charge >= 0.3 is 0 Å². The van der Waals surface area contributed by atoms with Gasteiger partial charge in [-0.05, 0) is 63.9 Å². The molecule has 2 aliphatic carbocycles. The van der Waals surface area contributed by atoms with Gasteiger partial charge in [-0.2, -0.15) is 0 Å². The molecule has 1 atom stereocenters. The van der Waals surface area contributed by atoms with Crippen molar-refractivity contribution in [2.45, 2.75) is 70.1 Å². The third-order valence-electron chi connectivity index (χ3n) is 5.41. The van der Waals surface area contributed by atoms with Crippen LogP contribution in [-0.2, 0) is 24.2 Å². The normalized spacial score (nSPS) is 17.9. The molecule has 2 aromatic rings. The molecule has 26 heavy (non-hydrogen) atoms. The smallest absolute Gasteiger partial charge is 0.263 e. The van der Waals surface area contributed by atoms with Crippen LogP contribution in [0, 0.1) is 5.92 Å². The Morgan fingerprint density at radius 1 is 1.38 bits per heavy atom. The molecule has 2 aliphatic rings. The molecule has 5 nitrogen and oxygen atoms in total. The van der Waals surface area contributed by atoms with Gasteiger partial charge in [0.25, 0.3) is 5.56 Å². The first kappa shape index (κ1) is 18.0. The van der Waals surface area contributed by atoms with Crippen LogP contribution >= 0.6 is 23.1 Å². The molecular formula is C19H25N3O2S2. The number of amides is 1. The van der Waals surface area contributed by atoms with Crippen LogP contribution in [-0.4, -0.2) is 27.3 Å². The Bertz CT molecular complexity index is 898. The number of thiophene rings is 1. The Morgan fingerprint density at radius 3 is 2.88 bits per heavy atom. The number of nitrogens with one attached hydrogen (secondary N) is 1. The van der Waals surface area contributed by atoms with Crippen LogP contribution in [0.25, 0.3) is 10.2 Å². The minimum atomic E-state index is 0.0249. The van der Waals surface area contributed by atoms with E-state index in [0.717, 1.165) is 29.5 Å². The van der Waals surface area contributed by atoms with Crippen molar-refractivity contribution >= 4 is 39.2 Å². The van der Waals surface area contributed by atoms with E-state index in [9.17, 15) is 9.59 Å². The number of fused-ring (bicyclic) bond motifs is 3. The lowest BCUT2D eigenvalue weighted by Gasteiger charge is -2.14. The van der Waals surface area contributed by atoms with Crippen molar-refractivity contribution in [1.29, 1.82) is 0 Å². The first-order valence-electron chi connectivity index (χ1n) is 9.55. The van der Waals surface area contributed by atoms with E-state index < -0.39 is 0 Å². The van der Waals surface area contributed by atoms with Crippen molar-refractivity contribution in [2.75, 3.05) is 5.75 Å². The maximum atomic E-state index is 13.0. The first-order valence-corrected chi connectivity index (χ1v) is 11.4. The highest BCUT2D eigenvalue weighted by molar-refractivity contribution is 7.99. The second-order valence-electron chi connectivity index (χ2n) is 7.32. The van der Waals surface area contributed by atoms with Crippen molar-refractivity contribution < 1.29 is 4.79 Å². The SMILES string of the molecule is CCn1c(SCC(=O)N[C@H](C)C2CC2)nc2sc3c(c2c1=O)CCCC3. The fraction of sp³-hybridized carbons (Fsp3) is 0.632. The summed E-state index contributed by atoms with van der Waals surface area (Å²) in [6.45, 7) is 4.62. The number of hydrogen-bond donors (Lipinski definition) is 1. The minimum Gasteiger partial charge on any atom is -0.353 e. The van der Waals surface area contributed by atoms with Crippen molar-refractivity contribution in [2.24, 2.45) is 5.92 Å². The van der Waals surface area contributed by atoms with Gasteiger partial charge < -0.3 is 5.32 Å². The lowest BCUT2D eigenvalue weighted by molar-refractivity contribution is -0.119. The van der Waals surface area contributed by atoms with Crippen LogP contribution in [0.5, 0.6) is 0 Å². The third-order valence-corrected chi connectivity index (χ3v) is 7.57. The molecule has 7 heteroatoms. The maximum absolute atomic E-state index is 13.0. The van der Waals surface area contributed by atoms with Gasteiger partial charge in [0, 0.05) is 17.5 Å². The zero-order valence-electron chi connectivity index (χ0n) is 15.3. The molecule has 1 saturated carbocycles. The predicted molar refractivity (Wildman–Crippen MR) is 107 cm³/mol. The van der Waals surface area contributed by atoms with Crippen LogP contribution < -0.4 is 10.9 Å². The van der Waals surface area contributed by atoms with E-state index in [4.69, 9.17) is 4.98 Å². The lowest BCUT2D eigenvalue weighted by atomic mass is 9.97. The van der Waals surface area contributed by atoms with Crippen LogP contribution in [0.3, 0.4) is 0 Å². The van der Waals surface area contributed by atoms with E-state index in [0.29, 0.717) is 23.4 Å². The Morgan fingerprint density at radius 2 is 2.15 bits per heavy atom. The summed E-state index contributed by atoms with van der Waals surface area (Å²) >= 11 is 3.04. The second-order valence-corrected chi connectivity index (χ2v) is 9.34. The third kappa shape index (κ3) is 3.43. The predicted octanol–water partition coefficient (Wildman–Crippen LogP) is 3.36. The standard InChI is InChI=1S/C19H25N3O2S2/c1-3-22-18(24)16-13-6-4-5-7-14(13)26-17(16)21-19(22)25-10-15(23)20-11(2)12-8-9-12/h11-12H,3-10H2,1-2H3,(H,20,23)/t11-/m1/s1. The number of carbonyl (C=O) groups excluding carboxylic acids is 1. The van der Waals surface area contributed by atoms with Crippen LogP contribution in [0.2, 0.25) is 0 Å². The summed E-state index contributed by atoms with van der Waals surface area (Å²) in [5.41, 5.74) is 1.29. The highest BCUT2D eigenvalue weighted by atomic mass is 32.2. The molecule has 4 rings (SSSR count). The van der Waals surface area contributed by atoms with Gasteiger partial charge in [-0.15, -0.1) is 11.3 Å². The number of nitrogens with zero attached hydrogens (tertiary/aromatic N) is 2. The second kappa shape index (κ2) is 7.35. The molecule has 0 aliphatic heterocycles. The molecule has 0 spiro atoms. The van der Waals surface area contributed by atoms with E-state index >= 15 is 0 Å². The van der Waals surface area contributed by atoms with Crippen molar-refractivity contribution in [3.05, 3.63) is 20.8 Å². The quantitative estimate of drug-likeness (QED) is 0.606. The highest BCUT2D eigenvalue weighted by Crippen LogP contribution is 2.35. The van der Waals surface area contributed by atoms with Crippen molar-refractivity contribution in [3.63, 3.8) is 0 Å². The van der Waals surface area contributed by atoms with Crippen molar-refractivity contribution in [3.8, 4) is 0 Å². The fourth-order valence-electron chi connectivity index (χ4n) is 3.75. The molecule has 2 aromatic heterocycles. The molecule has 1 N–H and O–H groups in total. The molecule has 0 unspecified atom stereocenters. The summed E-state index contributed by atoms with van der Waals surface area (Å²) in [6.07, 6.45) is 6.83. The molecule has 0 aromatic carbocycles. The monoisotopic (exact) mass is 391 g/mol. The molecule has 140 valence electrons. The first-order chi connectivity index (χ1) is 12.6. The lowest BCUT2D eigenvalue weighted by Crippen LogP contribution is -2.35. The van der Waals surface area contributed by atoms with Crippen LogP contribution in [0.1, 0.15) is 50.0 Å². The average Bonchev–Trinajstić information content (AvgIpc) is 3.41. The Hall–Kier alpha value is -1.34. The molecule has 2 heterocycles. The van der Waals surface area contributed by atoms with Gasteiger partial charge in [0.15, 0.2) is 5.16 Å². The Labute approximate surface area is 161 Å². The topological polar surface area (TPSA) is 64.0 Å². The van der Waals surface area contributed by atoms with Crippen molar-refractivity contribution in [1.82, 2.24) is 14.9 Å². The van der Waals surface area contributed by atoms with E-state index in [1.165, 1.54) is 41.5 Å². The number of thioether (sulfide) groups is 1. The molecule has 0 radical (unpaired) electrons. The van der Waals surface area contributed by atoms with Gasteiger partial charge in [0.1, 0.15) is 4.83 Å². The van der Waals surface area contributed by atoms with E-state index in [1.807, 2.05) is 6.92 Å². The maximum Gasteiger partial charge on any atom is 0.263 e. The number of hydrogen-bond acceptors (Lipinski definition) is 5. The summed E-state index contributed by atoms with van der Waals surface area (Å²) in [5, 5.41) is 4.56. The Balaban J connectivity index is 1.58. The van der Waals surface area contributed by atoms with Gasteiger partial charge in [-0.3, -0.25) is 14.2 Å². The summed E-state index contributed by atoms with van der Waals surface area (Å²) < 4.78 is 1.73. The number of rotatable bonds is 6. The van der Waals surface area contributed by atoms with Gasteiger partial charge in [-0.1, -0.05) is 11.8 Å². The minimum absolute atomic E-state index is 0.0249. The Kier molecular flexibility index (Phi) is 5.10. The largest absolute Gasteiger partial charge is 0.353 e. The summed E-state index contributed by atoms with van der Waals surface area (Å²) in [5.74, 6) is 0.974. The van der Waals surface area contributed by atoms with Gasteiger partial charge in [-0.25, -0.2) is 4.98 Å². The van der Waals surface area contributed by atoms with E-state index in [1.54, 1.807) is 15.9 Å². The summed E-state index contributed by atoms with van der Waals surface area (Å²) in [6, 6.07) is 0.246. The van der Waals surface area contributed by atoms with Gasteiger partial charge in [0.2, 0.25) is 5.91 Å². The molecule has 0 saturated heterocycles. The average molecular weight is 392 g/mol. The number of carbonyl (C=O) groups is 1. The highest BCUT2D eigenvalue weighted by Gasteiger charge is 2.29. The summed E-state index contributed by atoms with van der Waals surface area (Å²) in [4.78, 5) is 32.2. The fourth-order valence-corrected chi connectivity index (χ4v) is 5.93. The summed E-state index contributed by atoms with van der Waals surface area (Å²) in [7, 11) is 0.